The fourth-order valence-corrected chi connectivity index (χ4v) is 5.62. The second-order valence-corrected chi connectivity index (χ2v) is 11.1. The summed E-state index contributed by atoms with van der Waals surface area (Å²) in [4.78, 5) is 17.6. The summed E-state index contributed by atoms with van der Waals surface area (Å²) >= 11 is 3.29. The zero-order chi connectivity index (χ0) is 26.1. The van der Waals surface area contributed by atoms with E-state index in [1.807, 2.05) is 61.0 Å². The lowest BCUT2D eigenvalue weighted by atomic mass is 9.95. The van der Waals surface area contributed by atoms with Gasteiger partial charge in [-0.2, -0.15) is 23.5 Å². The lowest BCUT2D eigenvalue weighted by molar-refractivity contribution is -0.0419. The van der Waals surface area contributed by atoms with E-state index < -0.39 is 24.3 Å². The van der Waals surface area contributed by atoms with E-state index in [9.17, 15) is 25.2 Å². The van der Waals surface area contributed by atoms with Crippen LogP contribution >= 0.6 is 23.5 Å². The van der Waals surface area contributed by atoms with Crippen molar-refractivity contribution >= 4 is 29.6 Å². The van der Waals surface area contributed by atoms with Crippen molar-refractivity contribution in [2.45, 2.75) is 63.4 Å². The van der Waals surface area contributed by atoms with Gasteiger partial charge in [-0.3, -0.25) is 0 Å². The Hall–Kier alpha value is -1.75. The Morgan fingerprint density at radius 2 is 1.00 bits per heavy atom. The highest BCUT2D eigenvalue weighted by atomic mass is 32.2. The Labute approximate surface area is 222 Å². The molecule has 0 aliphatic carbocycles. The highest BCUT2D eigenvalue weighted by molar-refractivity contribution is 7.98. The topological polar surface area (TPSA) is 104 Å². The van der Waals surface area contributed by atoms with Crippen molar-refractivity contribution in [3.05, 3.63) is 70.8 Å². The first-order valence-corrected chi connectivity index (χ1v) is 15.0. The van der Waals surface area contributed by atoms with Crippen LogP contribution in [-0.2, 0) is 26.3 Å². The number of carbonyl (C=O) groups excluding carboxylic acids is 1. The lowest BCUT2D eigenvalue weighted by Crippen LogP contribution is -2.49. The number of hydrogen-bond donors (Lipinski definition) is 4. The van der Waals surface area contributed by atoms with E-state index in [1.54, 1.807) is 33.3 Å². The molecule has 9 heteroatoms. The van der Waals surface area contributed by atoms with Gasteiger partial charge in [0, 0.05) is 13.1 Å². The molecule has 1 aliphatic heterocycles. The molecule has 0 unspecified atom stereocenters. The van der Waals surface area contributed by atoms with Crippen LogP contribution in [0.2, 0.25) is 0 Å². The van der Waals surface area contributed by atoms with Gasteiger partial charge in [-0.1, -0.05) is 48.5 Å². The van der Waals surface area contributed by atoms with Crippen LogP contribution in [0.3, 0.4) is 0 Å². The predicted octanol–water partition coefficient (Wildman–Crippen LogP) is 3.07. The van der Waals surface area contributed by atoms with Crippen LogP contribution in [0, 0.1) is 0 Å². The molecule has 2 aromatic rings. The van der Waals surface area contributed by atoms with Gasteiger partial charge in [-0.15, -0.1) is 0 Å². The molecular formula is C27H38N2O5S2. The van der Waals surface area contributed by atoms with Gasteiger partial charge in [0.25, 0.3) is 0 Å². The number of carbonyl (C=O) groups is 1. The van der Waals surface area contributed by atoms with Crippen molar-refractivity contribution in [3.8, 4) is 0 Å². The molecule has 4 N–H and O–H groups in total. The summed E-state index contributed by atoms with van der Waals surface area (Å²) in [6, 6.07) is 13.6. The largest absolute Gasteiger partial charge is 0.392 e. The molecule has 2 aromatic carbocycles. The Morgan fingerprint density at radius 1 is 0.667 bits per heavy atom. The van der Waals surface area contributed by atoms with E-state index in [1.165, 1.54) is 0 Å². The monoisotopic (exact) mass is 534 g/mol. The zero-order valence-corrected chi connectivity index (χ0v) is 22.6. The lowest BCUT2D eigenvalue weighted by Gasteiger charge is -2.35. The number of hydrogen-bond acceptors (Lipinski definition) is 7. The Balaban J connectivity index is 2.00. The molecule has 1 aliphatic rings. The third-order valence-electron chi connectivity index (χ3n) is 6.78. The number of aliphatic hydroxyl groups excluding tert-OH is 4. The number of amides is 2. The molecular weight excluding hydrogens is 496 g/mol. The minimum Gasteiger partial charge on any atom is -0.392 e. The van der Waals surface area contributed by atoms with Gasteiger partial charge in [0.15, 0.2) is 0 Å². The number of benzene rings is 2. The quantitative estimate of drug-likeness (QED) is 0.332. The minimum atomic E-state index is -1.08. The molecule has 0 bridgehead atoms. The normalized spacial score (nSPS) is 22.7. The third-order valence-corrected chi connectivity index (χ3v) is 8.07. The van der Waals surface area contributed by atoms with E-state index in [0.29, 0.717) is 25.9 Å². The third kappa shape index (κ3) is 7.18. The van der Waals surface area contributed by atoms with Crippen LogP contribution in [0.25, 0.3) is 0 Å². The van der Waals surface area contributed by atoms with Crippen molar-refractivity contribution in [2.24, 2.45) is 0 Å². The standard InChI is InChI=1S/C27H38N2O5S2/c1-35-13-11-23-25(32)26(33)24(12-14-36-2)29(16-20-5-9-22(18-31)10-6-20)27(34)28(23)15-19-3-7-21(17-30)8-4-19/h3-10,23-26,30-33H,11-18H2,1-2H3/t23-,24-,25+,26+/m1/s1. The summed E-state index contributed by atoms with van der Waals surface area (Å²) in [5.74, 6) is 1.50. The van der Waals surface area contributed by atoms with Gasteiger partial charge in [0.05, 0.1) is 25.3 Å². The maximum Gasteiger partial charge on any atom is 0.321 e. The Bertz CT molecular complexity index is 869. The van der Waals surface area contributed by atoms with Crippen LogP contribution < -0.4 is 0 Å². The first-order valence-electron chi connectivity index (χ1n) is 12.2. The van der Waals surface area contributed by atoms with Gasteiger partial charge in [0.1, 0.15) is 12.2 Å². The summed E-state index contributed by atoms with van der Waals surface area (Å²) in [5.41, 5.74) is 3.37. The van der Waals surface area contributed by atoms with Crippen LogP contribution in [0.1, 0.15) is 35.1 Å². The Morgan fingerprint density at radius 3 is 1.31 bits per heavy atom. The number of aliphatic hydroxyl groups is 4. The Kier molecular flexibility index (Phi) is 11.4. The second kappa shape index (κ2) is 14.3. The van der Waals surface area contributed by atoms with Crippen LogP contribution in [0.5, 0.6) is 0 Å². The first kappa shape index (κ1) is 28.8. The molecule has 0 spiro atoms. The van der Waals surface area contributed by atoms with Crippen molar-refractivity contribution in [1.82, 2.24) is 9.80 Å². The van der Waals surface area contributed by atoms with Crippen molar-refractivity contribution in [2.75, 3.05) is 24.0 Å². The fraction of sp³-hybridized carbons (Fsp3) is 0.519. The molecule has 7 nitrogen and oxygen atoms in total. The highest BCUT2D eigenvalue weighted by Gasteiger charge is 2.45. The maximum absolute atomic E-state index is 14.2. The average Bonchev–Trinajstić information content (AvgIpc) is 2.97. The van der Waals surface area contributed by atoms with Gasteiger partial charge < -0.3 is 30.2 Å². The number of thioether (sulfide) groups is 2. The SMILES string of the molecule is CSCC[C@@H]1[C@H](O)[C@@H](O)[C@@H](CCSC)N(Cc2ccc(CO)cc2)C(=O)N1Cc1ccc(CO)cc1. The number of nitrogens with zero attached hydrogens (tertiary/aromatic N) is 2. The molecule has 0 radical (unpaired) electrons. The summed E-state index contributed by atoms with van der Waals surface area (Å²) in [6.07, 6.45) is 2.95. The summed E-state index contributed by atoms with van der Waals surface area (Å²) in [6.45, 7) is 0.486. The average molecular weight is 535 g/mol. The van der Waals surface area contributed by atoms with Gasteiger partial charge >= 0.3 is 6.03 Å². The van der Waals surface area contributed by atoms with Gasteiger partial charge in [-0.05, 0) is 59.1 Å². The summed E-state index contributed by atoms with van der Waals surface area (Å²) < 4.78 is 0. The predicted molar refractivity (Wildman–Crippen MR) is 147 cm³/mol. The molecule has 198 valence electrons. The maximum atomic E-state index is 14.2. The molecule has 3 rings (SSSR count). The van der Waals surface area contributed by atoms with E-state index in [4.69, 9.17) is 0 Å². The molecule has 1 fully saturated rings. The molecule has 2 amide bonds. The molecule has 36 heavy (non-hydrogen) atoms. The van der Waals surface area contributed by atoms with Crippen LogP contribution in [-0.4, -0.2) is 84.6 Å². The second-order valence-electron chi connectivity index (χ2n) is 9.17. The van der Waals surface area contributed by atoms with E-state index in [-0.39, 0.29) is 19.2 Å². The van der Waals surface area contributed by atoms with E-state index in [2.05, 4.69) is 0 Å². The molecule has 4 atom stereocenters. The van der Waals surface area contributed by atoms with E-state index in [0.717, 1.165) is 33.8 Å². The number of urea groups is 1. The molecule has 0 saturated carbocycles. The summed E-state index contributed by atoms with van der Waals surface area (Å²) in [5, 5.41) is 41.5. The molecule has 0 aromatic heterocycles. The van der Waals surface area contributed by atoms with Gasteiger partial charge in [0.2, 0.25) is 0 Å². The van der Waals surface area contributed by atoms with Crippen LogP contribution in [0.15, 0.2) is 48.5 Å². The van der Waals surface area contributed by atoms with Crippen molar-refractivity contribution < 1.29 is 25.2 Å². The molecule has 1 heterocycles. The highest BCUT2D eigenvalue weighted by Crippen LogP contribution is 2.30. The minimum absolute atomic E-state index is 0.0514. The van der Waals surface area contributed by atoms with Crippen LogP contribution in [0.4, 0.5) is 4.79 Å². The van der Waals surface area contributed by atoms with Crippen molar-refractivity contribution in [1.29, 1.82) is 0 Å². The number of rotatable bonds is 12. The van der Waals surface area contributed by atoms with Crippen molar-refractivity contribution in [3.63, 3.8) is 0 Å². The van der Waals surface area contributed by atoms with E-state index >= 15 is 0 Å². The smallest absolute Gasteiger partial charge is 0.321 e. The van der Waals surface area contributed by atoms with Gasteiger partial charge in [-0.25, -0.2) is 4.79 Å². The first-order chi connectivity index (χ1) is 17.4. The summed E-state index contributed by atoms with van der Waals surface area (Å²) in [7, 11) is 0. The molecule has 1 saturated heterocycles. The zero-order valence-electron chi connectivity index (χ0n) is 21.0. The fourth-order valence-electron chi connectivity index (χ4n) is 4.67.